The molecule has 2 N–H and O–H groups in total. The van der Waals surface area contributed by atoms with Crippen molar-refractivity contribution >= 4 is 9.84 Å². The van der Waals surface area contributed by atoms with Gasteiger partial charge < -0.3 is 4.84 Å². The molecule has 1 aromatic rings. The zero-order valence-corrected chi connectivity index (χ0v) is 9.88. The molecule has 0 fully saturated rings. The molecule has 0 saturated carbocycles. The van der Waals surface area contributed by atoms with Crippen LogP contribution in [0.15, 0.2) is 23.1 Å². The molecule has 100 valence electrons. The number of hydrogen-bond donors (Lipinski definition) is 1. The van der Waals surface area contributed by atoms with Gasteiger partial charge in [-0.3, -0.25) is 0 Å². The molecule has 1 aromatic carbocycles. The van der Waals surface area contributed by atoms with Crippen molar-refractivity contribution in [3.05, 3.63) is 29.3 Å². The van der Waals surface area contributed by atoms with Gasteiger partial charge in [-0.25, -0.2) is 14.3 Å². The molecule has 0 aromatic heterocycles. The van der Waals surface area contributed by atoms with Gasteiger partial charge in [-0.05, 0) is 23.8 Å². The predicted octanol–water partition coefficient (Wildman–Crippen LogP) is 1.47. The summed E-state index contributed by atoms with van der Waals surface area (Å²) >= 11 is 0. The molecular weight excluding hydrogens is 271 g/mol. The Morgan fingerprint density at radius 2 is 2.06 bits per heavy atom. The molecule has 0 radical (unpaired) electrons. The van der Waals surface area contributed by atoms with Crippen molar-refractivity contribution in [2.75, 3.05) is 12.4 Å². The maximum atomic E-state index is 12.6. The van der Waals surface area contributed by atoms with Crippen LogP contribution in [-0.2, 0) is 20.9 Å². The van der Waals surface area contributed by atoms with E-state index >= 15 is 0 Å². The van der Waals surface area contributed by atoms with Crippen LogP contribution in [-0.4, -0.2) is 20.8 Å². The molecule has 0 bridgehead atoms. The molecule has 18 heavy (non-hydrogen) atoms. The third-order valence-corrected chi connectivity index (χ3v) is 4.71. The van der Waals surface area contributed by atoms with Gasteiger partial charge >= 0.3 is 6.18 Å². The van der Waals surface area contributed by atoms with E-state index in [0.717, 1.165) is 18.2 Å². The lowest BCUT2D eigenvalue weighted by Gasteiger charge is -2.11. The topological polar surface area (TPSA) is 69.4 Å². The number of halogens is 3. The highest BCUT2D eigenvalue weighted by Crippen LogP contribution is 2.39. The Morgan fingerprint density at radius 3 is 2.61 bits per heavy atom. The van der Waals surface area contributed by atoms with Gasteiger partial charge in [0.05, 0.1) is 22.8 Å². The maximum absolute atomic E-state index is 12.6. The van der Waals surface area contributed by atoms with E-state index in [2.05, 4.69) is 4.84 Å². The number of fused-ring (bicyclic) bond motifs is 1. The first-order valence-electron chi connectivity index (χ1n) is 5.01. The van der Waals surface area contributed by atoms with Crippen molar-refractivity contribution < 1.29 is 26.4 Å². The average molecular weight is 281 g/mol. The van der Waals surface area contributed by atoms with Crippen LogP contribution in [0.5, 0.6) is 0 Å². The molecule has 1 aliphatic heterocycles. The largest absolute Gasteiger partial charge is 0.416 e. The second kappa shape index (κ2) is 4.22. The van der Waals surface area contributed by atoms with Crippen molar-refractivity contribution in [2.24, 2.45) is 5.90 Å². The van der Waals surface area contributed by atoms with Crippen molar-refractivity contribution in [3.8, 4) is 0 Å². The minimum absolute atomic E-state index is 0.0717. The molecule has 0 spiro atoms. The van der Waals surface area contributed by atoms with Gasteiger partial charge in [0.25, 0.3) is 0 Å². The Balaban J connectivity index is 2.54. The van der Waals surface area contributed by atoms with E-state index in [1.807, 2.05) is 0 Å². The van der Waals surface area contributed by atoms with Gasteiger partial charge in [-0.15, -0.1) is 0 Å². The summed E-state index contributed by atoms with van der Waals surface area (Å²) in [5.74, 6) is 3.93. The van der Waals surface area contributed by atoms with Crippen molar-refractivity contribution in [1.29, 1.82) is 0 Å². The number of rotatable bonds is 2. The molecule has 0 aliphatic carbocycles. The van der Waals surface area contributed by atoms with Crippen molar-refractivity contribution in [3.63, 3.8) is 0 Å². The molecule has 0 saturated heterocycles. The lowest BCUT2D eigenvalue weighted by Crippen LogP contribution is -2.13. The van der Waals surface area contributed by atoms with Gasteiger partial charge in [-0.1, -0.05) is 0 Å². The Bertz CT molecular complexity index is 568. The standard InChI is InChI=1S/C10H10F3NO3S/c11-10(12,13)7-1-2-9-8(3-7)6(4-17-14)5-18(9,15)16/h1-3,6H,4-5,14H2. The highest BCUT2D eigenvalue weighted by Gasteiger charge is 2.38. The first-order valence-corrected chi connectivity index (χ1v) is 6.66. The van der Waals surface area contributed by atoms with Crippen molar-refractivity contribution in [2.45, 2.75) is 17.0 Å². The summed E-state index contributed by atoms with van der Waals surface area (Å²) < 4.78 is 61.1. The normalized spacial score (nSPS) is 21.9. The Kier molecular flexibility index (Phi) is 3.12. The van der Waals surface area contributed by atoms with Crippen LogP contribution in [0.1, 0.15) is 17.0 Å². The van der Waals surface area contributed by atoms with Crippen LogP contribution in [0, 0.1) is 0 Å². The zero-order chi connectivity index (χ0) is 13.6. The summed E-state index contributed by atoms with van der Waals surface area (Å²) in [6, 6.07) is 2.61. The van der Waals surface area contributed by atoms with Gasteiger partial charge in [0.1, 0.15) is 0 Å². The predicted molar refractivity (Wildman–Crippen MR) is 56.4 cm³/mol. The van der Waals surface area contributed by atoms with E-state index in [1.165, 1.54) is 0 Å². The fourth-order valence-corrected chi connectivity index (χ4v) is 3.87. The van der Waals surface area contributed by atoms with E-state index in [9.17, 15) is 21.6 Å². The third-order valence-electron chi connectivity index (χ3n) is 2.83. The molecule has 8 heteroatoms. The summed E-state index contributed by atoms with van der Waals surface area (Å²) in [5.41, 5.74) is -0.754. The van der Waals surface area contributed by atoms with Crippen molar-refractivity contribution in [1.82, 2.24) is 0 Å². The van der Waals surface area contributed by atoms with Crippen LogP contribution in [0.4, 0.5) is 13.2 Å². The Labute approximate surface area is 101 Å². The Hall–Kier alpha value is -1.12. The lowest BCUT2D eigenvalue weighted by molar-refractivity contribution is -0.137. The van der Waals surface area contributed by atoms with Gasteiger partial charge in [0.15, 0.2) is 9.84 Å². The zero-order valence-electron chi connectivity index (χ0n) is 9.07. The van der Waals surface area contributed by atoms with Crippen LogP contribution < -0.4 is 5.90 Å². The second-order valence-electron chi connectivity index (χ2n) is 4.06. The van der Waals surface area contributed by atoms with E-state index < -0.39 is 27.5 Å². The van der Waals surface area contributed by atoms with Crippen LogP contribution >= 0.6 is 0 Å². The first kappa shape index (κ1) is 13.3. The van der Waals surface area contributed by atoms with Gasteiger partial charge in [0, 0.05) is 5.92 Å². The summed E-state index contributed by atoms with van der Waals surface area (Å²) in [6.07, 6.45) is -4.50. The fourth-order valence-electron chi connectivity index (χ4n) is 2.03. The number of sulfone groups is 1. The van der Waals surface area contributed by atoms with Gasteiger partial charge in [0.2, 0.25) is 0 Å². The third kappa shape index (κ3) is 2.23. The summed E-state index contributed by atoms with van der Waals surface area (Å²) in [4.78, 5) is 4.28. The van der Waals surface area contributed by atoms with Crippen LogP contribution in [0.25, 0.3) is 0 Å². The number of benzene rings is 1. The number of alkyl halides is 3. The molecule has 1 atom stereocenters. The monoisotopic (exact) mass is 281 g/mol. The lowest BCUT2D eigenvalue weighted by atomic mass is 10.00. The van der Waals surface area contributed by atoms with E-state index in [4.69, 9.17) is 5.90 Å². The van der Waals surface area contributed by atoms with Gasteiger partial charge in [-0.2, -0.15) is 13.2 Å². The quantitative estimate of drug-likeness (QED) is 0.833. The highest BCUT2D eigenvalue weighted by atomic mass is 32.2. The fraction of sp³-hybridized carbons (Fsp3) is 0.400. The molecule has 2 rings (SSSR count). The maximum Gasteiger partial charge on any atom is 0.416 e. The molecule has 0 amide bonds. The minimum Gasteiger partial charge on any atom is -0.304 e. The Morgan fingerprint density at radius 1 is 1.39 bits per heavy atom. The van der Waals surface area contributed by atoms with E-state index in [1.54, 1.807) is 0 Å². The number of hydrogen-bond acceptors (Lipinski definition) is 4. The number of nitrogens with two attached hydrogens (primary N) is 1. The average Bonchev–Trinajstić information content (AvgIpc) is 2.50. The van der Waals surface area contributed by atoms with E-state index in [-0.39, 0.29) is 22.8 Å². The first-order chi connectivity index (χ1) is 8.25. The molecule has 4 nitrogen and oxygen atoms in total. The summed E-state index contributed by atoms with van der Waals surface area (Å²) in [6.45, 7) is -0.131. The van der Waals surface area contributed by atoms with Crippen LogP contribution in [0.2, 0.25) is 0 Å². The summed E-state index contributed by atoms with van der Waals surface area (Å²) in [7, 11) is -3.54. The summed E-state index contributed by atoms with van der Waals surface area (Å²) in [5, 5.41) is 0. The highest BCUT2D eigenvalue weighted by molar-refractivity contribution is 7.91. The molecule has 1 heterocycles. The van der Waals surface area contributed by atoms with E-state index in [0.29, 0.717) is 0 Å². The van der Waals surface area contributed by atoms with Crippen LogP contribution in [0.3, 0.4) is 0 Å². The SMILES string of the molecule is NOCC1CS(=O)(=O)c2ccc(C(F)(F)F)cc21. The molecule has 1 aliphatic rings. The smallest absolute Gasteiger partial charge is 0.304 e. The minimum atomic E-state index is -4.50. The molecule has 1 unspecified atom stereocenters. The second-order valence-corrected chi connectivity index (χ2v) is 6.06. The molecular formula is C10H10F3NO3S.